The number of nitrogens with zero attached hydrogens (tertiary/aromatic N) is 6. The van der Waals surface area contributed by atoms with Gasteiger partial charge in [0, 0.05) is 81.2 Å². The fourth-order valence-corrected chi connectivity index (χ4v) is 6.34. The number of carbonyl (C=O) groups excluding carboxylic acids is 3. The summed E-state index contributed by atoms with van der Waals surface area (Å²) < 4.78 is 17.8. The molecule has 2 atom stereocenters. The molecule has 4 aromatic rings. The number of carbonyl (C=O) groups is 3. The fourth-order valence-electron chi connectivity index (χ4n) is 6.34. The Hall–Kier alpha value is -5.76. The van der Waals surface area contributed by atoms with Gasteiger partial charge < -0.3 is 34.6 Å². The number of pyridine rings is 1. The van der Waals surface area contributed by atoms with Crippen LogP contribution in [0.5, 0.6) is 17.2 Å². The average molecular weight is 679 g/mol. The first kappa shape index (κ1) is 32.8. The van der Waals surface area contributed by atoms with Gasteiger partial charge in [0.25, 0.3) is 11.8 Å². The summed E-state index contributed by atoms with van der Waals surface area (Å²) in [7, 11) is 1.55. The van der Waals surface area contributed by atoms with E-state index in [1.165, 1.54) is 6.20 Å². The number of fused-ring (bicyclic) bond motifs is 7. The molecule has 2 aromatic heterocycles. The van der Waals surface area contributed by atoms with E-state index >= 15 is 0 Å². The van der Waals surface area contributed by atoms with Crippen molar-refractivity contribution in [2.75, 3.05) is 64.4 Å². The van der Waals surface area contributed by atoms with Gasteiger partial charge in [-0.25, -0.2) is 9.97 Å². The molecule has 0 saturated carbocycles. The number of hydrogen-bond acceptors (Lipinski definition) is 11. The molecule has 6 heterocycles. The number of rotatable bonds is 4. The van der Waals surface area contributed by atoms with Crippen molar-refractivity contribution in [2.24, 2.45) is 0 Å². The zero-order valence-electron chi connectivity index (χ0n) is 27.7. The number of likely N-dealkylation sites (tertiary alicyclic amines) is 1. The molecule has 14 heteroatoms. The predicted octanol–water partition coefficient (Wildman–Crippen LogP) is 1.77. The number of aromatic nitrogens is 3. The summed E-state index contributed by atoms with van der Waals surface area (Å²) in [6, 6.07) is 15.7. The molecule has 2 aromatic carbocycles. The highest BCUT2D eigenvalue weighted by atomic mass is 16.5. The second-order valence-corrected chi connectivity index (χ2v) is 12.4. The summed E-state index contributed by atoms with van der Waals surface area (Å²) >= 11 is 0. The number of anilines is 1. The Balaban J connectivity index is 1.11. The number of nitrogens with one attached hydrogen (secondary N) is 2. The van der Waals surface area contributed by atoms with Crippen molar-refractivity contribution in [3.05, 3.63) is 90.5 Å². The predicted molar refractivity (Wildman–Crippen MR) is 183 cm³/mol. The zero-order chi connectivity index (χ0) is 34.5. The molecule has 0 spiro atoms. The van der Waals surface area contributed by atoms with E-state index in [0.29, 0.717) is 60.5 Å². The lowest BCUT2D eigenvalue weighted by atomic mass is 10.1. The second-order valence-electron chi connectivity index (χ2n) is 12.4. The Morgan fingerprint density at radius 3 is 2.56 bits per heavy atom. The van der Waals surface area contributed by atoms with Crippen LogP contribution in [-0.2, 0) is 16.1 Å². The van der Waals surface area contributed by atoms with E-state index in [0.717, 1.165) is 11.1 Å². The molecule has 2 fully saturated rings. The molecular formula is C36H38N8O6. The van der Waals surface area contributed by atoms with Crippen LogP contribution in [-0.4, -0.2) is 114 Å². The van der Waals surface area contributed by atoms with Gasteiger partial charge in [0.15, 0.2) is 6.61 Å². The zero-order valence-corrected chi connectivity index (χ0v) is 27.7. The van der Waals surface area contributed by atoms with E-state index in [1.54, 1.807) is 67.0 Å². The maximum atomic E-state index is 13.7. The van der Waals surface area contributed by atoms with Gasteiger partial charge in [-0.15, -0.1) is 0 Å². The summed E-state index contributed by atoms with van der Waals surface area (Å²) in [4.78, 5) is 59.0. The minimum Gasteiger partial charge on any atom is -0.496 e. The molecule has 8 rings (SSSR count). The van der Waals surface area contributed by atoms with Crippen LogP contribution >= 0.6 is 0 Å². The molecule has 0 radical (unpaired) electrons. The number of ether oxygens (including phenoxy) is 3. The first-order valence-corrected chi connectivity index (χ1v) is 16.5. The quantitative estimate of drug-likeness (QED) is 0.325. The lowest BCUT2D eigenvalue weighted by molar-refractivity contribution is -0.131. The van der Waals surface area contributed by atoms with E-state index in [4.69, 9.17) is 14.2 Å². The summed E-state index contributed by atoms with van der Waals surface area (Å²) in [5, 5.41) is 5.99. The summed E-state index contributed by atoms with van der Waals surface area (Å²) in [5.74, 6) is 1.56. The van der Waals surface area contributed by atoms with Crippen LogP contribution in [0.1, 0.15) is 15.9 Å². The van der Waals surface area contributed by atoms with E-state index in [-0.39, 0.29) is 50.5 Å². The van der Waals surface area contributed by atoms with Crippen LogP contribution in [0.15, 0.2) is 79.4 Å². The van der Waals surface area contributed by atoms with Crippen LogP contribution in [0.25, 0.3) is 11.1 Å². The minimum atomic E-state index is -0.541. The highest BCUT2D eigenvalue weighted by Gasteiger charge is 2.39. The molecule has 0 unspecified atom stereocenters. The van der Waals surface area contributed by atoms with Crippen molar-refractivity contribution in [3.8, 4) is 28.4 Å². The minimum absolute atomic E-state index is 0.0419. The molecule has 258 valence electrons. The van der Waals surface area contributed by atoms with Gasteiger partial charge in [0.05, 0.1) is 31.8 Å². The van der Waals surface area contributed by atoms with Crippen LogP contribution in [0.2, 0.25) is 0 Å². The molecule has 2 N–H and O–H groups in total. The molecule has 4 aliphatic rings. The van der Waals surface area contributed by atoms with Crippen molar-refractivity contribution in [1.29, 1.82) is 0 Å². The van der Waals surface area contributed by atoms with Gasteiger partial charge in [-0.3, -0.25) is 24.3 Å². The van der Waals surface area contributed by atoms with Crippen LogP contribution in [0.4, 0.5) is 5.95 Å². The fraction of sp³-hybridized carbons (Fsp3) is 0.333. The molecule has 14 nitrogen and oxygen atoms in total. The van der Waals surface area contributed by atoms with Crippen LogP contribution < -0.4 is 29.7 Å². The van der Waals surface area contributed by atoms with Crippen LogP contribution in [0, 0.1) is 0 Å². The van der Waals surface area contributed by atoms with Gasteiger partial charge in [0.1, 0.15) is 23.4 Å². The molecule has 6 bridgehead atoms. The Labute approximate surface area is 289 Å². The van der Waals surface area contributed by atoms with Crippen molar-refractivity contribution in [3.63, 3.8) is 0 Å². The van der Waals surface area contributed by atoms with Crippen LogP contribution in [0.3, 0.4) is 0 Å². The van der Waals surface area contributed by atoms with Crippen molar-refractivity contribution < 1.29 is 28.6 Å². The number of benzene rings is 2. The number of methoxy groups -OCH3 is 1. The third kappa shape index (κ3) is 7.60. The normalized spacial score (nSPS) is 19.8. The first-order valence-electron chi connectivity index (χ1n) is 16.5. The molecular weight excluding hydrogens is 640 g/mol. The maximum absolute atomic E-state index is 13.7. The standard InChI is InChI=1S/C36H38N8O6/c1-48-31-16-29-7-6-25(31)19-40-33(45)23-49-28-5-2-4-24(15-28)26-14-27(18-37-17-26)35(47)41-30-20-44(21-32(30)50-29)34(46)22-42-10-12-43(13-11-42)36-38-8-3-9-39-36/h2-9,14-18,30,32H,10-13,19-23H2,1H3,(H,40,45)(H,41,47)/t30-,32-/m0/s1. The number of hydrogen-bond donors (Lipinski definition) is 2. The summed E-state index contributed by atoms with van der Waals surface area (Å²) in [6.07, 6.45) is 6.09. The highest BCUT2D eigenvalue weighted by molar-refractivity contribution is 5.95. The van der Waals surface area contributed by atoms with Gasteiger partial charge >= 0.3 is 0 Å². The Bertz CT molecular complexity index is 1850. The number of piperazine rings is 1. The summed E-state index contributed by atoms with van der Waals surface area (Å²) in [6.45, 7) is 3.69. The topological polar surface area (TPSA) is 151 Å². The van der Waals surface area contributed by atoms with Crippen molar-refractivity contribution in [2.45, 2.75) is 18.7 Å². The summed E-state index contributed by atoms with van der Waals surface area (Å²) in [5.41, 5.74) is 2.60. The monoisotopic (exact) mass is 678 g/mol. The Morgan fingerprint density at radius 1 is 0.920 bits per heavy atom. The maximum Gasteiger partial charge on any atom is 0.258 e. The molecule has 2 saturated heterocycles. The molecule has 0 aliphatic carbocycles. The molecule has 4 aliphatic heterocycles. The van der Waals surface area contributed by atoms with Gasteiger partial charge in [-0.1, -0.05) is 12.1 Å². The lowest BCUT2D eigenvalue weighted by Gasteiger charge is -2.34. The Morgan fingerprint density at radius 2 is 1.74 bits per heavy atom. The van der Waals surface area contributed by atoms with Crippen molar-refractivity contribution in [1.82, 2.24) is 35.4 Å². The second kappa shape index (κ2) is 14.8. The number of amides is 3. The molecule has 3 amide bonds. The van der Waals surface area contributed by atoms with Gasteiger partial charge in [0.2, 0.25) is 11.9 Å². The van der Waals surface area contributed by atoms with E-state index in [9.17, 15) is 14.4 Å². The average Bonchev–Trinajstić information content (AvgIpc) is 3.55. The Kier molecular flexibility index (Phi) is 9.69. The SMILES string of the molecule is COc1cc2ccc1CNC(=O)COc1cccc(c1)-c1cncc(c1)C(=O)N[C@H]1CN(C(=O)CN3CCN(c4ncccn4)CC3)C[C@@H]1O2. The van der Waals surface area contributed by atoms with Gasteiger partial charge in [-0.2, -0.15) is 0 Å². The third-order valence-corrected chi connectivity index (χ3v) is 9.06. The largest absolute Gasteiger partial charge is 0.496 e. The van der Waals surface area contributed by atoms with E-state index in [2.05, 4.69) is 35.4 Å². The van der Waals surface area contributed by atoms with E-state index < -0.39 is 12.1 Å². The van der Waals surface area contributed by atoms with Gasteiger partial charge in [-0.05, 0) is 42.0 Å². The third-order valence-electron chi connectivity index (χ3n) is 9.06. The lowest BCUT2D eigenvalue weighted by Crippen LogP contribution is -2.50. The first-order chi connectivity index (χ1) is 24.4. The molecule has 50 heavy (non-hydrogen) atoms. The smallest absolute Gasteiger partial charge is 0.258 e. The highest BCUT2D eigenvalue weighted by Crippen LogP contribution is 2.28. The van der Waals surface area contributed by atoms with E-state index in [1.807, 2.05) is 18.2 Å². The van der Waals surface area contributed by atoms with Crippen molar-refractivity contribution >= 4 is 23.7 Å².